The van der Waals surface area contributed by atoms with Crippen molar-refractivity contribution in [2.24, 2.45) is 7.05 Å². The zero-order chi connectivity index (χ0) is 14.5. The number of benzene rings is 1. The fourth-order valence-corrected chi connectivity index (χ4v) is 2.28. The van der Waals surface area contributed by atoms with Crippen LogP contribution in [0.25, 0.3) is 0 Å². The quantitative estimate of drug-likeness (QED) is 0.824. The minimum absolute atomic E-state index is 0.0460. The zero-order valence-corrected chi connectivity index (χ0v) is 12.6. The normalized spacial score (nSPS) is 10.6. The Morgan fingerprint density at radius 2 is 1.95 bits per heavy atom. The Balaban J connectivity index is 2.17. The Morgan fingerprint density at radius 3 is 2.50 bits per heavy atom. The summed E-state index contributed by atoms with van der Waals surface area (Å²) in [5.41, 5.74) is 1.80. The second-order valence-electron chi connectivity index (χ2n) is 4.84. The van der Waals surface area contributed by atoms with Gasteiger partial charge in [0.05, 0.1) is 6.54 Å². The molecule has 0 fully saturated rings. The van der Waals surface area contributed by atoms with Gasteiger partial charge in [0, 0.05) is 36.1 Å². The van der Waals surface area contributed by atoms with E-state index in [-0.39, 0.29) is 5.91 Å². The van der Waals surface area contributed by atoms with Crippen LogP contribution in [0.5, 0.6) is 0 Å². The highest BCUT2D eigenvalue weighted by Crippen LogP contribution is 2.14. The Hall–Kier alpha value is -1.74. The van der Waals surface area contributed by atoms with Gasteiger partial charge in [-0.15, -0.1) is 0 Å². The summed E-state index contributed by atoms with van der Waals surface area (Å²) in [6, 6.07) is 11.1. The summed E-state index contributed by atoms with van der Waals surface area (Å²) in [4.78, 5) is 14.4. The molecule has 0 N–H and O–H groups in total. The average Bonchev–Trinajstić information content (AvgIpc) is 2.84. The SMILES string of the molecule is CCCN(Cc1cccn1C)C(=O)c1ccc(Cl)cc1. The van der Waals surface area contributed by atoms with Crippen LogP contribution in [0.3, 0.4) is 0 Å². The number of aromatic nitrogens is 1. The van der Waals surface area contributed by atoms with Crippen LogP contribution in [0.1, 0.15) is 29.4 Å². The summed E-state index contributed by atoms with van der Waals surface area (Å²) in [6.45, 7) is 3.44. The fourth-order valence-electron chi connectivity index (χ4n) is 2.15. The molecule has 0 saturated carbocycles. The Morgan fingerprint density at radius 1 is 1.25 bits per heavy atom. The third-order valence-electron chi connectivity index (χ3n) is 3.28. The van der Waals surface area contributed by atoms with Gasteiger partial charge in [-0.1, -0.05) is 18.5 Å². The third kappa shape index (κ3) is 3.42. The molecule has 0 bridgehead atoms. The highest BCUT2D eigenvalue weighted by Gasteiger charge is 2.16. The maximum absolute atomic E-state index is 12.6. The Kier molecular flexibility index (Phi) is 4.85. The third-order valence-corrected chi connectivity index (χ3v) is 3.53. The monoisotopic (exact) mass is 290 g/mol. The van der Waals surface area contributed by atoms with E-state index in [4.69, 9.17) is 11.6 Å². The summed E-state index contributed by atoms with van der Waals surface area (Å²) < 4.78 is 2.04. The first-order valence-electron chi connectivity index (χ1n) is 6.77. The van der Waals surface area contributed by atoms with Gasteiger partial charge in [-0.2, -0.15) is 0 Å². The summed E-state index contributed by atoms with van der Waals surface area (Å²) in [6.07, 6.45) is 2.93. The van der Waals surface area contributed by atoms with E-state index in [9.17, 15) is 4.79 Å². The van der Waals surface area contributed by atoms with Crippen LogP contribution in [0, 0.1) is 0 Å². The summed E-state index contributed by atoms with van der Waals surface area (Å²) in [5, 5.41) is 0.644. The number of halogens is 1. The molecule has 0 saturated heterocycles. The van der Waals surface area contributed by atoms with Crippen LogP contribution in [-0.2, 0) is 13.6 Å². The summed E-state index contributed by atoms with van der Waals surface area (Å²) >= 11 is 5.86. The second-order valence-corrected chi connectivity index (χ2v) is 5.28. The lowest BCUT2D eigenvalue weighted by molar-refractivity contribution is 0.0740. The molecular weight excluding hydrogens is 272 g/mol. The molecule has 0 spiro atoms. The molecule has 0 aliphatic rings. The van der Waals surface area contributed by atoms with E-state index in [0.29, 0.717) is 17.1 Å². The van der Waals surface area contributed by atoms with E-state index in [1.807, 2.05) is 34.8 Å². The van der Waals surface area contributed by atoms with Gasteiger partial charge < -0.3 is 9.47 Å². The molecule has 20 heavy (non-hydrogen) atoms. The molecule has 1 amide bonds. The number of rotatable bonds is 5. The second kappa shape index (κ2) is 6.62. The Bertz CT molecular complexity index is 574. The van der Waals surface area contributed by atoms with Crippen molar-refractivity contribution in [3.05, 3.63) is 58.9 Å². The number of amides is 1. The molecule has 1 aromatic heterocycles. The number of carbonyl (C=O) groups excluding carboxylic acids is 1. The minimum atomic E-state index is 0.0460. The molecule has 1 heterocycles. The first-order valence-corrected chi connectivity index (χ1v) is 7.14. The smallest absolute Gasteiger partial charge is 0.254 e. The summed E-state index contributed by atoms with van der Waals surface area (Å²) in [7, 11) is 1.99. The van der Waals surface area contributed by atoms with E-state index in [1.54, 1.807) is 24.3 Å². The lowest BCUT2D eigenvalue weighted by Gasteiger charge is -2.22. The van der Waals surface area contributed by atoms with Gasteiger partial charge in [0.2, 0.25) is 0 Å². The van der Waals surface area contributed by atoms with Crippen molar-refractivity contribution < 1.29 is 4.79 Å². The molecule has 106 valence electrons. The van der Waals surface area contributed by atoms with Gasteiger partial charge in [0.25, 0.3) is 5.91 Å². The molecule has 1 aromatic carbocycles. The minimum Gasteiger partial charge on any atom is -0.353 e. The van der Waals surface area contributed by atoms with Crippen LogP contribution in [0.4, 0.5) is 0 Å². The van der Waals surface area contributed by atoms with Crippen LogP contribution in [0.2, 0.25) is 5.02 Å². The van der Waals surface area contributed by atoms with E-state index >= 15 is 0 Å². The number of carbonyl (C=O) groups is 1. The van der Waals surface area contributed by atoms with Crippen molar-refractivity contribution >= 4 is 17.5 Å². The molecule has 0 atom stereocenters. The van der Waals surface area contributed by atoms with E-state index in [2.05, 4.69) is 6.92 Å². The molecular formula is C16H19ClN2O. The van der Waals surface area contributed by atoms with Gasteiger partial charge >= 0.3 is 0 Å². The summed E-state index contributed by atoms with van der Waals surface area (Å²) in [5.74, 6) is 0.0460. The van der Waals surface area contributed by atoms with Gasteiger partial charge in [0.15, 0.2) is 0 Å². The van der Waals surface area contributed by atoms with Gasteiger partial charge in [0.1, 0.15) is 0 Å². The van der Waals surface area contributed by atoms with Crippen molar-refractivity contribution in [1.29, 1.82) is 0 Å². The van der Waals surface area contributed by atoms with Crippen molar-refractivity contribution in [2.75, 3.05) is 6.54 Å². The van der Waals surface area contributed by atoms with E-state index < -0.39 is 0 Å². The average molecular weight is 291 g/mol. The van der Waals surface area contributed by atoms with Crippen molar-refractivity contribution in [1.82, 2.24) is 9.47 Å². The number of nitrogens with zero attached hydrogens (tertiary/aromatic N) is 2. The maximum Gasteiger partial charge on any atom is 0.254 e. The van der Waals surface area contributed by atoms with Gasteiger partial charge in [-0.3, -0.25) is 4.79 Å². The van der Waals surface area contributed by atoms with Crippen molar-refractivity contribution in [3.8, 4) is 0 Å². The van der Waals surface area contributed by atoms with Crippen LogP contribution in [0.15, 0.2) is 42.6 Å². The molecule has 2 aromatic rings. The number of aryl methyl sites for hydroxylation is 1. The van der Waals surface area contributed by atoms with Crippen molar-refractivity contribution in [3.63, 3.8) is 0 Å². The lowest BCUT2D eigenvalue weighted by Crippen LogP contribution is -2.31. The largest absolute Gasteiger partial charge is 0.353 e. The highest BCUT2D eigenvalue weighted by atomic mass is 35.5. The maximum atomic E-state index is 12.6. The fraction of sp³-hybridized carbons (Fsp3) is 0.312. The molecule has 4 heteroatoms. The predicted octanol–water partition coefficient (Wildman–Crippen LogP) is 3.73. The number of hydrogen-bond donors (Lipinski definition) is 0. The molecule has 0 unspecified atom stereocenters. The topological polar surface area (TPSA) is 25.2 Å². The first-order chi connectivity index (χ1) is 9.61. The Labute approximate surface area is 124 Å². The van der Waals surface area contributed by atoms with Crippen LogP contribution < -0.4 is 0 Å². The molecule has 2 rings (SSSR count). The molecule has 0 aliphatic heterocycles. The molecule has 0 aliphatic carbocycles. The van der Waals surface area contributed by atoms with Crippen molar-refractivity contribution in [2.45, 2.75) is 19.9 Å². The molecule has 3 nitrogen and oxygen atoms in total. The predicted molar refractivity (Wildman–Crippen MR) is 81.9 cm³/mol. The number of hydrogen-bond acceptors (Lipinski definition) is 1. The van der Waals surface area contributed by atoms with Crippen LogP contribution >= 0.6 is 11.6 Å². The van der Waals surface area contributed by atoms with E-state index in [0.717, 1.165) is 18.7 Å². The van der Waals surface area contributed by atoms with Gasteiger partial charge in [-0.05, 0) is 42.8 Å². The zero-order valence-electron chi connectivity index (χ0n) is 11.8. The van der Waals surface area contributed by atoms with E-state index in [1.165, 1.54) is 0 Å². The first kappa shape index (κ1) is 14.7. The highest BCUT2D eigenvalue weighted by molar-refractivity contribution is 6.30. The standard InChI is InChI=1S/C16H19ClN2O/c1-3-10-19(12-15-5-4-11-18(15)2)16(20)13-6-8-14(17)9-7-13/h4-9,11H,3,10,12H2,1-2H3. The van der Waals surface area contributed by atoms with Crippen LogP contribution in [-0.4, -0.2) is 21.9 Å². The lowest BCUT2D eigenvalue weighted by atomic mass is 10.2. The van der Waals surface area contributed by atoms with Gasteiger partial charge in [-0.25, -0.2) is 0 Å². The molecule has 0 radical (unpaired) electrons.